The summed E-state index contributed by atoms with van der Waals surface area (Å²) in [5, 5.41) is 8.74. The van der Waals surface area contributed by atoms with Crippen molar-refractivity contribution in [1.82, 2.24) is 0 Å². The second-order valence-electron chi connectivity index (χ2n) is 3.79. The third kappa shape index (κ3) is 3.64. The lowest BCUT2D eigenvalue weighted by Gasteiger charge is -2.28. The number of carboxylic acid groups (broad SMARTS) is 1. The lowest BCUT2D eigenvalue weighted by Crippen LogP contribution is -2.29. The maximum Gasteiger partial charge on any atom is 0.303 e. The highest BCUT2D eigenvalue weighted by molar-refractivity contribution is 5.67. The number of methoxy groups -OCH3 is 1. The minimum atomic E-state index is -0.752. The van der Waals surface area contributed by atoms with Crippen LogP contribution >= 0.6 is 0 Å². The van der Waals surface area contributed by atoms with E-state index >= 15 is 0 Å². The van der Waals surface area contributed by atoms with E-state index < -0.39 is 5.97 Å². The first-order valence-corrected chi connectivity index (χ1v) is 5.02. The molecule has 0 spiro atoms. The molecule has 1 heterocycles. The van der Waals surface area contributed by atoms with Crippen LogP contribution in [0.4, 0.5) is 0 Å². The number of ether oxygens (including phenoxy) is 2. The van der Waals surface area contributed by atoms with Gasteiger partial charge in [0.2, 0.25) is 0 Å². The smallest absolute Gasteiger partial charge is 0.303 e. The second-order valence-corrected chi connectivity index (χ2v) is 3.79. The third-order valence-corrected chi connectivity index (χ3v) is 2.68. The Kier molecular flexibility index (Phi) is 4.90. The number of aliphatic carboxylic acids is 1. The van der Waals surface area contributed by atoms with Gasteiger partial charge in [-0.15, -0.1) is 0 Å². The maximum atomic E-state index is 10.6. The SMILES string of the molecule is COCC(CC(=O)O)C1CCCOC1. The summed E-state index contributed by atoms with van der Waals surface area (Å²) in [6.45, 7) is 2.00. The zero-order chi connectivity index (χ0) is 10.4. The molecule has 2 atom stereocenters. The van der Waals surface area contributed by atoms with E-state index in [9.17, 15) is 4.79 Å². The first-order valence-electron chi connectivity index (χ1n) is 5.02. The average molecular weight is 202 g/mol. The Morgan fingerprint density at radius 1 is 1.71 bits per heavy atom. The van der Waals surface area contributed by atoms with Gasteiger partial charge >= 0.3 is 5.97 Å². The van der Waals surface area contributed by atoms with Gasteiger partial charge in [-0.2, -0.15) is 0 Å². The number of carboxylic acids is 1. The highest BCUT2D eigenvalue weighted by Crippen LogP contribution is 2.25. The molecule has 1 aliphatic rings. The van der Waals surface area contributed by atoms with Crippen LogP contribution in [0.25, 0.3) is 0 Å². The van der Waals surface area contributed by atoms with Gasteiger partial charge in [-0.25, -0.2) is 0 Å². The lowest BCUT2D eigenvalue weighted by molar-refractivity contribution is -0.139. The molecule has 1 N–H and O–H groups in total. The van der Waals surface area contributed by atoms with E-state index in [0.29, 0.717) is 19.1 Å². The van der Waals surface area contributed by atoms with Gasteiger partial charge in [0.05, 0.1) is 6.42 Å². The van der Waals surface area contributed by atoms with E-state index in [-0.39, 0.29) is 12.3 Å². The Morgan fingerprint density at radius 3 is 3.00 bits per heavy atom. The van der Waals surface area contributed by atoms with Crippen LogP contribution in [0.1, 0.15) is 19.3 Å². The average Bonchev–Trinajstić information content (AvgIpc) is 2.18. The van der Waals surface area contributed by atoms with Gasteiger partial charge in [0.15, 0.2) is 0 Å². The fourth-order valence-electron chi connectivity index (χ4n) is 1.94. The minimum Gasteiger partial charge on any atom is -0.481 e. The molecule has 0 aromatic carbocycles. The van der Waals surface area contributed by atoms with Gasteiger partial charge in [-0.05, 0) is 24.7 Å². The van der Waals surface area contributed by atoms with Crippen molar-refractivity contribution >= 4 is 5.97 Å². The van der Waals surface area contributed by atoms with Gasteiger partial charge in [-0.1, -0.05) is 0 Å². The maximum absolute atomic E-state index is 10.6. The number of carbonyl (C=O) groups is 1. The molecule has 0 saturated carbocycles. The molecule has 14 heavy (non-hydrogen) atoms. The van der Waals surface area contributed by atoms with E-state index in [1.165, 1.54) is 0 Å². The monoisotopic (exact) mass is 202 g/mol. The van der Waals surface area contributed by atoms with Crippen LogP contribution < -0.4 is 0 Å². The van der Waals surface area contributed by atoms with Crippen LogP contribution in [-0.2, 0) is 14.3 Å². The number of hydrogen-bond acceptors (Lipinski definition) is 3. The normalized spacial score (nSPS) is 24.5. The van der Waals surface area contributed by atoms with E-state index in [1.807, 2.05) is 0 Å². The van der Waals surface area contributed by atoms with Crippen molar-refractivity contribution in [3.05, 3.63) is 0 Å². The van der Waals surface area contributed by atoms with Crippen molar-refractivity contribution in [2.75, 3.05) is 26.9 Å². The fraction of sp³-hybridized carbons (Fsp3) is 0.900. The highest BCUT2D eigenvalue weighted by Gasteiger charge is 2.26. The minimum absolute atomic E-state index is 0.0952. The van der Waals surface area contributed by atoms with E-state index in [2.05, 4.69) is 0 Å². The van der Waals surface area contributed by atoms with E-state index in [1.54, 1.807) is 7.11 Å². The van der Waals surface area contributed by atoms with Crippen LogP contribution in [-0.4, -0.2) is 38.0 Å². The Hall–Kier alpha value is -0.610. The van der Waals surface area contributed by atoms with Gasteiger partial charge in [0.1, 0.15) is 0 Å². The summed E-state index contributed by atoms with van der Waals surface area (Å²) in [5.41, 5.74) is 0. The van der Waals surface area contributed by atoms with Crippen molar-refractivity contribution in [2.45, 2.75) is 19.3 Å². The molecule has 4 heteroatoms. The predicted molar refractivity (Wildman–Crippen MR) is 51.2 cm³/mol. The van der Waals surface area contributed by atoms with Crippen molar-refractivity contribution in [2.24, 2.45) is 11.8 Å². The van der Waals surface area contributed by atoms with Gasteiger partial charge in [0.25, 0.3) is 0 Å². The van der Waals surface area contributed by atoms with E-state index in [0.717, 1.165) is 19.4 Å². The van der Waals surface area contributed by atoms with Gasteiger partial charge in [0, 0.05) is 26.9 Å². The number of rotatable bonds is 5. The predicted octanol–water partition coefficient (Wildman–Crippen LogP) is 1.15. The molecule has 0 radical (unpaired) electrons. The first-order chi connectivity index (χ1) is 6.74. The molecule has 0 aliphatic carbocycles. The standard InChI is InChI=1S/C10H18O4/c1-13-6-9(5-10(11)12)8-3-2-4-14-7-8/h8-9H,2-7H2,1H3,(H,11,12). The van der Waals surface area contributed by atoms with Crippen LogP contribution in [0.2, 0.25) is 0 Å². The highest BCUT2D eigenvalue weighted by atomic mass is 16.5. The topological polar surface area (TPSA) is 55.8 Å². The molecule has 0 bridgehead atoms. The van der Waals surface area contributed by atoms with Crippen LogP contribution in [0.3, 0.4) is 0 Å². The second kappa shape index (κ2) is 5.98. The molecular formula is C10H18O4. The van der Waals surface area contributed by atoms with Crippen molar-refractivity contribution < 1.29 is 19.4 Å². The molecule has 1 fully saturated rings. The zero-order valence-corrected chi connectivity index (χ0v) is 8.57. The summed E-state index contributed by atoms with van der Waals surface area (Å²) in [5.74, 6) is -0.310. The van der Waals surface area contributed by atoms with E-state index in [4.69, 9.17) is 14.6 Å². The Morgan fingerprint density at radius 2 is 2.50 bits per heavy atom. The summed E-state index contributed by atoms with van der Waals surface area (Å²) < 4.78 is 10.4. The lowest BCUT2D eigenvalue weighted by atomic mass is 9.86. The van der Waals surface area contributed by atoms with Gasteiger partial charge < -0.3 is 14.6 Å². The molecule has 0 amide bonds. The molecule has 2 unspecified atom stereocenters. The van der Waals surface area contributed by atoms with Gasteiger partial charge in [-0.3, -0.25) is 4.79 Å². The van der Waals surface area contributed by atoms with Crippen LogP contribution in [0.5, 0.6) is 0 Å². The molecule has 1 saturated heterocycles. The van der Waals surface area contributed by atoms with Crippen LogP contribution in [0, 0.1) is 11.8 Å². The summed E-state index contributed by atoms with van der Waals surface area (Å²) in [6, 6.07) is 0. The van der Waals surface area contributed by atoms with Crippen molar-refractivity contribution in [3.8, 4) is 0 Å². The Balaban J connectivity index is 2.42. The first kappa shape index (κ1) is 11.5. The van der Waals surface area contributed by atoms with Crippen LogP contribution in [0.15, 0.2) is 0 Å². The molecule has 0 aromatic rings. The molecule has 1 rings (SSSR count). The third-order valence-electron chi connectivity index (χ3n) is 2.68. The quantitative estimate of drug-likeness (QED) is 0.726. The Bertz CT molecular complexity index is 175. The molecule has 82 valence electrons. The molecule has 1 aliphatic heterocycles. The molecule has 4 nitrogen and oxygen atoms in total. The molecule has 0 aromatic heterocycles. The molecular weight excluding hydrogens is 184 g/mol. The fourth-order valence-corrected chi connectivity index (χ4v) is 1.94. The van der Waals surface area contributed by atoms with Crippen molar-refractivity contribution in [3.63, 3.8) is 0 Å². The summed E-state index contributed by atoms with van der Waals surface area (Å²) in [6.07, 6.45) is 2.27. The zero-order valence-electron chi connectivity index (χ0n) is 8.57. The Labute approximate surface area is 84.2 Å². The largest absolute Gasteiger partial charge is 0.481 e. The summed E-state index contributed by atoms with van der Waals surface area (Å²) >= 11 is 0. The summed E-state index contributed by atoms with van der Waals surface area (Å²) in [4.78, 5) is 10.6. The van der Waals surface area contributed by atoms with Crippen molar-refractivity contribution in [1.29, 1.82) is 0 Å². The summed E-state index contributed by atoms with van der Waals surface area (Å²) in [7, 11) is 1.61. The number of hydrogen-bond donors (Lipinski definition) is 1.